The van der Waals surface area contributed by atoms with Crippen molar-refractivity contribution in [2.75, 3.05) is 10.6 Å². The van der Waals surface area contributed by atoms with Crippen LogP contribution in [0.4, 0.5) is 11.4 Å². The van der Waals surface area contributed by atoms with Crippen LogP contribution >= 0.6 is 0 Å². The standard InChI is InChI=1S/C22H21N3O2/c1-15(22(27)25-20-13-9-18(10-14-20)21(23)26)24-19-11-7-17(8-12-19)16-5-3-2-4-6-16/h2-15,24H,1H3,(H2,23,26)(H,25,27). The quantitative estimate of drug-likeness (QED) is 0.624. The number of carbonyl (C=O) groups is 2. The molecule has 1 unspecified atom stereocenters. The number of hydrogen-bond donors (Lipinski definition) is 3. The number of carbonyl (C=O) groups excluding carboxylic acids is 2. The van der Waals surface area contributed by atoms with Crippen LogP contribution in [0.5, 0.6) is 0 Å². The van der Waals surface area contributed by atoms with Gasteiger partial charge in [0.2, 0.25) is 11.8 Å². The van der Waals surface area contributed by atoms with Gasteiger partial charge in [-0.3, -0.25) is 9.59 Å². The Labute approximate surface area is 158 Å². The van der Waals surface area contributed by atoms with Crippen molar-refractivity contribution in [2.45, 2.75) is 13.0 Å². The third-order valence-corrected chi connectivity index (χ3v) is 4.21. The van der Waals surface area contributed by atoms with E-state index in [0.29, 0.717) is 11.3 Å². The van der Waals surface area contributed by atoms with E-state index in [1.165, 1.54) is 0 Å². The minimum atomic E-state index is -0.498. The zero-order chi connectivity index (χ0) is 19.2. The van der Waals surface area contributed by atoms with Crippen molar-refractivity contribution < 1.29 is 9.59 Å². The van der Waals surface area contributed by atoms with Gasteiger partial charge in [0.05, 0.1) is 0 Å². The highest BCUT2D eigenvalue weighted by Crippen LogP contribution is 2.21. The molecule has 27 heavy (non-hydrogen) atoms. The molecular weight excluding hydrogens is 338 g/mol. The lowest BCUT2D eigenvalue weighted by Gasteiger charge is -2.16. The fourth-order valence-corrected chi connectivity index (χ4v) is 2.67. The number of primary amides is 1. The molecule has 4 N–H and O–H groups in total. The van der Waals surface area contributed by atoms with E-state index in [1.807, 2.05) is 42.5 Å². The van der Waals surface area contributed by atoms with E-state index in [-0.39, 0.29) is 5.91 Å². The lowest BCUT2D eigenvalue weighted by atomic mass is 10.1. The number of rotatable bonds is 6. The zero-order valence-corrected chi connectivity index (χ0v) is 15.0. The summed E-state index contributed by atoms with van der Waals surface area (Å²) in [6, 6.07) is 24.1. The Bertz CT molecular complexity index is 920. The van der Waals surface area contributed by atoms with E-state index in [9.17, 15) is 9.59 Å². The van der Waals surface area contributed by atoms with Gasteiger partial charge in [-0.2, -0.15) is 0 Å². The molecule has 0 aliphatic rings. The summed E-state index contributed by atoms with van der Waals surface area (Å²) >= 11 is 0. The minimum Gasteiger partial charge on any atom is -0.374 e. The first-order chi connectivity index (χ1) is 13.0. The second-order valence-corrected chi connectivity index (χ2v) is 6.24. The van der Waals surface area contributed by atoms with Crippen molar-refractivity contribution >= 4 is 23.2 Å². The Morgan fingerprint density at radius 3 is 1.93 bits per heavy atom. The second-order valence-electron chi connectivity index (χ2n) is 6.24. The molecule has 1 atom stereocenters. The largest absolute Gasteiger partial charge is 0.374 e. The summed E-state index contributed by atoms with van der Waals surface area (Å²) < 4.78 is 0. The molecule has 5 heteroatoms. The van der Waals surface area contributed by atoms with Gasteiger partial charge in [0.1, 0.15) is 6.04 Å². The van der Waals surface area contributed by atoms with Crippen molar-refractivity contribution in [3.05, 3.63) is 84.4 Å². The molecule has 0 saturated carbocycles. The van der Waals surface area contributed by atoms with Crippen LogP contribution in [0.25, 0.3) is 11.1 Å². The van der Waals surface area contributed by atoms with E-state index in [2.05, 4.69) is 22.8 Å². The lowest BCUT2D eigenvalue weighted by Crippen LogP contribution is -2.31. The molecule has 0 aliphatic carbocycles. The molecule has 0 aliphatic heterocycles. The zero-order valence-electron chi connectivity index (χ0n) is 15.0. The van der Waals surface area contributed by atoms with E-state index >= 15 is 0 Å². The van der Waals surface area contributed by atoms with Crippen molar-refractivity contribution in [3.63, 3.8) is 0 Å². The summed E-state index contributed by atoms with van der Waals surface area (Å²) in [5, 5.41) is 6.00. The predicted molar refractivity (Wildman–Crippen MR) is 109 cm³/mol. The molecule has 0 saturated heterocycles. The van der Waals surface area contributed by atoms with Crippen LogP contribution in [0.1, 0.15) is 17.3 Å². The Hall–Kier alpha value is -3.60. The van der Waals surface area contributed by atoms with Gasteiger partial charge in [0.15, 0.2) is 0 Å². The molecule has 5 nitrogen and oxygen atoms in total. The van der Waals surface area contributed by atoms with Crippen LogP contribution in [0, 0.1) is 0 Å². The first kappa shape index (κ1) is 18.2. The van der Waals surface area contributed by atoms with Crippen LogP contribution in [0.15, 0.2) is 78.9 Å². The monoisotopic (exact) mass is 359 g/mol. The van der Waals surface area contributed by atoms with Gasteiger partial charge in [0.25, 0.3) is 0 Å². The van der Waals surface area contributed by atoms with E-state index in [4.69, 9.17) is 5.73 Å². The van der Waals surface area contributed by atoms with Crippen molar-refractivity contribution in [3.8, 4) is 11.1 Å². The average molecular weight is 359 g/mol. The average Bonchev–Trinajstić information content (AvgIpc) is 2.69. The maximum absolute atomic E-state index is 12.4. The molecule has 3 aromatic rings. The highest BCUT2D eigenvalue weighted by molar-refractivity contribution is 5.97. The molecule has 136 valence electrons. The van der Waals surface area contributed by atoms with Crippen LogP contribution in [-0.2, 0) is 4.79 Å². The van der Waals surface area contributed by atoms with E-state index in [0.717, 1.165) is 16.8 Å². The van der Waals surface area contributed by atoms with Gasteiger partial charge >= 0.3 is 0 Å². The van der Waals surface area contributed by atoms with Gasteiger partial charge in [-0.25, -0.2) is 0 Å². The van der Waals surface area contributed by atoms with Crippen molar-refractivity contribution in [2.24, 2.45) is 5.73 Å². The minimum absolute atomic E-state index is 0.172. The molecule has 3 aromatic carbocycles. The molecular formula is C22H21N3O2. The summed E-state index contributed by atoms with van der Waals surface area (Å²) in [5.74, 6) is -0.671. The van der Waals surface area contributed by atoms with Gasteiger partial charge in [-0.15, -0.1) is 0 Å². The van der Waals surface area contributed by atoms with Gasteiger partial charge in [-0.05, 0) is 54.4 Å². The van der Waals surface area contributed by atoms with Crippen LogP contribution in [0.2, 0.25) is 0 Å². The lowest BCUT2D eigenvalue weighted by molar-refractivity contribution is -0.116. The molecule has 2 amide bonds. The van der Waals surface area contributed by atoms with Crippen molar-refractivity contribution in [1.29, 1.82) is 0 Å². The molecule has 0 heterocycles. The first-order valence-electron chi connectivity index (χ1n) is 8.66. The van der Waals surface area contributed by atoms with E-state index in [1.54, 1.807) is 31.2 Å². The van der Waals surface area contributed by atoms with Crippen LogP contribution < -0.4 is 16.4 Å². The first-order valence-corrected chi connectivity index (χ1v) is 8.66. The number of anilines is 2. The Morgan fingerprint density at radius 1 is 0.778 bits per heavy atom. The molecule has 0 spiro atoms. The molecule has 3 rings (SSSR count). The highest BCUT2D eigenvalue weighted by Gasteiger charge is 2.13. The van der Waals surface area contributed by atoms with Crippen molar-refractivity contribution in [1.82, 2.24) is 0 Å². The smallest absolute Gasteiger partial charge is 0.248 e. The number of benzene rings is 3. The Morgan fingerprint density at radius 2 is 1.33 bits per heavy atom. The predicted octanol–water partition coefficient (Wildman–Crippen LogP) is 3.89. The summed E-state index contributed by atoms with van der Waals surface area (Å²) in [6.07, 6.45) is 0. The molecule has 0 aromatic heterocycles. The normalized spacial score (nSPS) is 11.4. The number of hydrogen-bond acceptors (Lipinski definition) is 3. The summed E-state index contributed by atoms with van der Waals surface area (Å²) in [5.41, 5.74) is 9.35. The van der Waals surface area contributed by atoms with Crippen LogP contribution in [0.3, 0.4) is 0 Å². The maximum Gasteiger partial charge on any atom is 0.248 e. The fourth-order valence-electron chi connectivity index (χ4n) is 2.67. The van der Waals surface area contributed by atoms with Crippen LogP contribution in [-0.4, -0.2) is 17.9 Å². The molecule has 0 bridgehead atoms. The number of nitrogens with two attached hydrogens (primary N) is 1. The third kappa shape index (κ3) is 4.73. The number of nitrogens with one attached hydrogen (secondary N) is 2. The topological polar surface area (TPSA) is 84.2 Å². The number of amides is 2. The van der Waals surface area contributed by atoms with Gasteiger partial charge in [0, 0.05) is 16.9 Å². The SMILES string of the molecule is CC(Nc1ccc(-c2ccccc2)cc1)C(=O)Nc1ccc(C(N)=O)cc1. The summed E-state index contributed by atoms with van der Waals surface area (Å²) in [6.45, 7) is 1.79. The Balaban J connectivity index is 1.60. The molecule has 0 fully saturated rings. The Kier molecular flexibility index (Phi) is 5.52. The fraction of sp³-hybridized carbons (Fsp3) is 0.0909. The van der Waals surface area contributed by atoms with E-state index < -0.39 is 11.9 Å². The van der Waals surface area contributed by atoms with Gasteiger partial charge < -0.3 is 16.4 Å². The molecule has 0 radical (unpaired) electrons. The summed E-state index contributed by atoms with van der Waals surface area (Å²) in [4.78, 5) is 23.4. The maximum atomic E-state index is 12.4. The highest BCUT2D eigenvalue weighted by atomic mass is 16.2. The third-order valence-electron chi connectivity index (χ3n) is 4.21. The summed E-state index contributed by atoms with van der Waals surface area (Å²) in [7, 11) is 0. The second kappa shape index (κ2) is 8.19. The van der Waals surface area contributed by atoms with Gasteiger partial charge in [-0.1, -0.05) is 42.5 Å².